The number of nitrogens with zero attached hydrogens (tertiary/aromatic N) is 2. The summed E-state index contributed by atoms with van der Waals surface area (Å²) in [5.41, 5.74) is 0.847. The van der Waals surface area contributed by atoms with Gasteiger partial charge < -0.3 is 14.8 Å². The van der Waals surface area contributed by atoms with E-state index in [-0.39, 0.29) is 0 Å². The van der Waals surface area contributed by atoms with E-state index in [2.05, 4.69) is 39.7 Å². The number of nitrogens with one attached hydrogen (secondary N) is 1. The maximum Gasteiger partial charge on any atom is 0.224 e. The molecule has 2 heterocycles. The van der Waals surface area contributed by atoms with E-state index in [9.17, 15) is 0 Å². The molecule has 0 radical (unpaired) electrons. The monoisotopic (exact) mass is 307 g/mol. The van der Waals surface area contributed by atoms with Crippen molar-refractivity contribution in [3.63, 3.8) is 0 Å². The van der Waals surface area contributed by atoms with Crippen LogP contribution >= 0.6 is 11.3 Å². The second kappa shape index (κ2) is 7.95. The van der Waals surface area contributed by atoms with Crippen LogP contribution in [-0.4, -0.2) is 24.2 Å². The number of ether oxygens (including phenoxy) is 2. The second-order valence-electron chi connectivity index (χ2n) is 4.61. The van der Waals surface area contributed by atoms with Crippen LogP contribution in [0, 0.1) is 0 Å². The molecule has 1 N–H and O–H groups in total. The van der Waals surface area contributed by atoms with Crippen molar-refractivity contribution in [2.45, 2.75) is 32.4 Å². The van der Waals surface area contributed by atoms with Crippen molar-refractivity contribution < 1.29 is 9.47 Å². The molecule has 0 fully saturated rings. The Morgan fingerprint density at radius 3 is 2.48 bits per heavy atom. The van der Waals surface area contributed by atoms with Crippen LogP contribution in [0.3, 0.4) is 0 Å². The fourth-order valence-electron chi connectivity index (χ4n) is 2.23. The van der Waals surface area contributed by atoms with Gasteiger partial charge in [-0.15, -0.1) is 11.3 Å². The van der Waals surface area contributed by atoms with Gasteiger partial charge in [-0.05, 0) is 17.9 Å². The summed E-state index contributed by atoms with van der Waals surface area (Å²) in [6, 6.07) is 4.56. The summed E-state index contributed by atoms with van der Waals surface area (Å²) >= 11 is 1.77. The lowest BCUT2D eigenvalue weighted by atomic mass is 10.1. The molecule has 2 rings (SSSR count). The summed E-state index contributed by atoms with van der Waals surface area (Å²) in [7, 11) is 3.21. The SMILES string of the molecule is CCCC(NCc1c(OC)ncnc1OC)c1cccs1. The lowest BCUT2D eigenvalue weighted by molar-refractivity contribution is 0.355. The molecule has 1 unspecified atom stereocenters. The summed E-state index contributed by atoms with van der Waals surface area (Å²) in [5, 5.41) is 5.66. The molecular weight excluding hydrogens is 286 g/mol. The third-order valence-corrected chi connectivity index (χ3v) is 4.23. The van der Waals surface area contributed by atoms with E-state index >= 15 is 0 Å². The first-order valence-electron chi connectivity index (χ1n) is 6.98. The van der Waals surface area contributed by atoms with Crippen LogP contribution in [0.25, 0.3) is 0 Å². The Labute approximate surface area is 129 Å². The van der Waals surface area contributed by atoms with Crippen LogP contribution in [-0.2, 0) is 6.54 Å². The number of hydrogen-bond donors (Lipinski definition) is 1. The van der Waals surface area contributed by atoms with Crippen molar-refractivity contribution in [3.8, 4) is 11.8 Å². The maximum absolute atomic E-state index is 5.30. The average Bonchev–Trinajstić information content (AvgIpc) is 3.05. The Kier molecular flexibility index (Phi) is 5.95. The number of thiophene rings is 1. The largest absolute Gasteiger partial charge is 0.481 e. The fraction of sp³-hybridized carbons (Fsp3) is 0.467. The lowest BCUT2D eigenvalue weighted by Gasteiger charge is -2.18. The van der Waals surface area contributed by atoms with Crippen LogP contribution < -0.4 is 14.8 Å². The molecular formula is C15H21N3O2S. The summed E-state index contributed by atoms with van der Waals surface area (Å²) < 4.78 is 10.6. The van der Waals surface area contributed by atoms with Crippen LogP contribution in [0.15, 0.2) is 23.8 Å². The number of rotatable bonds is 8. The third-order valence-electron chi connectivity index (χ3n) is 3.24. The Hall–Kier alpha value is -1.66. The van der Waals surface area contributed by atoms with Crippen molar-refractivity contribution in [3.05, 3.63) is 34.3 Å². The molecule has 0 aliphatic rings. The van der Waals surface area contributed by atoms with E-state index in [1.165, 1.54) is 11.2 Å². The second-order valence-corrected chi connectivity index (χ2v) is 5.59. The first-order chi connectivity index (χ1) is 10.3. The molecule has 0 aliphatic carbocycles. The molecule has 6 heteroatoms. The Morgan fingerprint density at radius 1 is 1.24 bits per heavy atom. The van der Waals surface area contributed by atoms with E-state index in [0.717, 1.165) is 18.4 Å². The summed E-state index contributed by atoms with van der Waals surface area (Å²) in [6.07, 6.45) is 3.65. The van der Waals surface area contributed by atoms with Gasteiger partial charge in [0.1, 0.15) is 6.33 Å². The minimum absolute atomic E-state index is 0.324. The molecule has 5 nitrogen and oxygen atoms in total. The Balaban J connectivity index is 2.14. The van der Waals surface area contributed by atoms with Crippen molar-refractivity contribution in [2.75, 3.05) is 14.2 Å². The van der Waals surface area contributed by atoms with E-state index in [0.29, 0.717) is 24.3 Å². The summed E-state index contributed by atoms with van der Waals surface area (Å²) in [5.74, 6) is 1.10. The third kappa shape index (κ3) is 3.92. The van der Waals surface area contributed by atoms with Crippen molar-refractivity contribution >= 4 is 11.3 Å². The van der Waals surface area contributed by atoms with Gasteiger partial charge in [0.25, 0.3) is 0 Å². The highest BCUT2D eigenvalue weighted by molar-refractivity contribution is 7.10. The Bertz CT molecular complexity index is 524. The standard InChI is InChI=1S/C15H21N3O2S/c1-4-6-12(13-7-5-8-21-13)16-9-11-14(19-2)17-10-18-15(11)20-3/h5,7-8,10,12,16H,4,6,9H2,1-3H3. The Morgan fingerprint density at radius 2 is 1.95 bits per heavy atom. The predicted octanol–water partition coefficient (Wildman–Crippen LogP) is 3.19. The molecule has 0 saturated carbocycles. The molecule has 21 heavy (non-hydrogen) atoms. The first-order valence-corrected chi connectivity index (χ1v) is 7.86. The molecule has 0 aromatic carbocycles. The van der Waals surface area contributed by atoms with Crippen LogP contribution in [0.5, 0.6) is 11.8 Å². The summed E-state index contributed by atoms with van der Waals surface area (Å²) in [6.45, 7) is 2.80. The van der Waals surface area contributed by atoms with Gasteiger partial charge in [0, 0.05) is 17.5 Å². The highest BCUT2D eigenvalue weighted by atomic mass is 32.1. The van der Waals surface area contributed by atoms with E-state index in [1.54, 1.807) is 25.6 Å². The van der Waals surface area contributed by atoms with Gasteiger partial charge in [-0.3, -0.25) is 0 Å². The van der Waals surface area contributed by atoms with Crippen LogP contribution in [0.4, 0.5) is 0 Å². The molecule has 1 atom stereocenters. The van der Waals surface area contributed by atoms with Gasteiger partial charge in [0.2, 0.25) is 11.8 Å². The van der Waals surface area contributed by atoms with E-state index < -0.39 is 0 Å². The fourth-order valence-corrected chi connectivity index (χ4v) is 3.07. The quantitative estimate of drug-likeness (QED) is 0.811. The average molecular weight is 307 g/mol. The molecule has 2 aromatic heterocycles. The topological polar surface area (TPSA) is 56.3 Å². The molecule has 0 bridgehead atoms. The van der Waals surface area contributed by atoms with Crippen molar-refractivity contribution in [1.82, 2.24) is 15.3 Å². The van der Waals surface area contributed by atoms with Crippen LogP contribution in [0.1, 0.15) is 36.2 Å². The first kappa shape index (κ1) is 15.7. The normalized spacial score (nSPS) is 12.1. The predicted molar refractivity (Wildman–Crippen MR) is 83.9 cm³/mol. The van der Waals surface area contributed by atoms with E-state index in [4.69, 9.17) is 9.47 Å². The smallest absolute Gasteiger partial charge is 0.224 e. The molecule has 0 aliphatic heterocycles. The molecule has 0 amide bonds. The minimum atomic E-state index is 0.324. The molecule has 114 valence electrons. The van der Waals surface area contributed by atoms with Gasteiger partial charge in [-0.25, -0.2) is 9.97 Å². The zero-order chi connectivity index (χ0) is 15.1. The number of methoxy groups -OCH3 is 2. The zero-order valence-electron chi connectivity index (χ0n) is 12.6. The highest BCUT2D eigenvalue weighted by Gasteiger charge is 2.16. The lowest BCUT2D eigenvalue weighted by Crippen LogP contribution is -2.21. The maximum atomic E-state index is 5.30. The number of hydrogen-bond acceptors (Lipinski definition) is 6. The van der Waals surface area contributed by atoms with Gasteiger partial charge in [0.15, 0.2) is 0 Å². The summed E-state index contributed by atoms with van der Waals surface area (Å²) in [4.78, 5) is 9.62. The van der Waals surface area contributed by atoms with Gasteiger partial charge in [0.05, 0.1) is 19.8 Å². The van der Waals surface area contributed by atoms with E-state index in [1.807, 2.05) is 0 Å². The molecule has 0 saturated heterocycles. The van der Waals surface area contributed by atoms with Crippen molar-refractivity contribution in [2.24, 2.45) is 0 Å². The van der Waals surface area contributed by atoms with Gasteiger partial charge >= 0.3 is 0 Å². The van der Waals surface area contributed by atoms with Gasteiger partial charge in [-0.2, -0.15) is 0 Å². The molecule has 0 spiro atoms. The van der Waals surface area contributed by atoms with Gasteiger partial charge in [-0.1, -0.05) is 19.4 Å². The van der Waals surface area contributed by atoms with Crippen LogP contribution in [0.2, 0.25) is 0 Å². The van der Waals surface area contributed by atoms with Crippen molar-refractivity contribution in [1.29, 1.82) is 0 Å². The zero-order valence-corrected chi connectivity index (χ0v) is 13.4. The molecule has 2 aromatic rings. The highest BCUT2D eigenvalue weighted by Crippen LogP contribution is 2.27. The minimum Gasteiger partial charge on any atom is -0.481 e. The number of aromatic nitrogens is 2.